The maximum absolute atomic E-state index is 12.7. The van der Waals surface area contributed by atoms with Gasteiger partial charge in [0.25, 0.3) is 11.1 Å². The van der Waals surface area contributed by atoms with Gasteiger partial charge in [0.05, 0.1) is 12.1 Å². The number of aromatic nitrogens is 4. The predicted molar refractivity (Wildman–Crippen MR) is 139 cm³/mol. The number of nitrogens with one attached hydrogen (secondary N) is 2. The highest BCUT2D eigenvalue weighted by atomic mass is 31.2. The lowest BCUT2D eigenvalue weighted by Crippen LogP contribution is -2.38. The number of azide groups is 2. The molecule has 2 aromatic rings. The van der Waals surface area contributed by atoms with Crippen molar-refractivity contribution >= 4 is 7.82 Å². The van der Waals surface area contributed by atoms with Crippen LogP contribution in [0.5, 0.6) is 0 Å². The quantitative estimate of drug-likeness (QED) is 0.0724. The molecule has 2 saturated heterocycles. The molecule has 0 aromatic carbocycles. The van der Waals surface area contributed by atoms with E-state index in [0.717, 1.165) is 9.13 Å². The molecule has 0 radical (unpaired) electrons. The van der Waals surface area contributed by atoms with E-state index in [4.69, 9.17) is 29.6 Å². The van der Waals surface area contributed by atoms with Crippen LogP contribution in [0.15, 0.2) is 41.8 Å². The molecule has 0 spiro atoms. The van der Waals surface area contributed by atoms with Crippen molar-refractivity contribution in [1.29, 1.82) is 0 Å². The Kier molecular flexibility index (Phi) is 9.38. The van der Waals surface area contributed by atoms with Crippen molar-refractivity contribution in [3.63, 3.8) is 0 Å². The van der Waals surface area contributed by atoms with E-state index < -0.39 is 79.6 Å². The van der Waals surface area contributed by atoms with Crippen LogP contribution in [0.3, 0.4) is 0 Å². The second-order valence-electron chi connectivity index (χ2n) is 9.54. The molecule has 43 heavy (non-hydrogen) atoms. The molecule has 232 valence electrons. The Hall–Kier alpha value is -4.07. The summed E-state index contributed by atoms with van der Waals surface area (Å²) in [6.45, 7) is 2.83. The highest BCUT2D eigenvalue weighted by molar-refractivity contribution is 7.47. The number of aliphatic hydroxyl groups is 2. The number of aliphatic hydroxyl groups excluding tert-OH is 2. The number of phosphoric acid groups is 1. The molecule has 0 bridgehead atoms. The highest BCUT2D eigenvalue weighted by Crippen LogP contribution is 2.49. The van der Waals surface area contributed by atoms with E-state index in [0.29, 0.717) is 0 Å². The normalized spacial score (nSPS) is 27.9. The summed E-state index contributed by atoms with van der Waals surface area (Å²) in [5, 5.41) is 28.1. The fourth-order valence-corrected chi connectivity index (χ4v) is 5.42. The number of H-pyrrole nitrogens is 2. The molecule has 22 nitrogen and oxygen atoms in total. The average Bonchev–Trinajstić information content (AvgIpc) is 3.53. The molecular weight excluding hydrogens is 603 g/mol. The van der Waals surface area contributed by atoms with Crippen LogP contribution in [0, 0.1) is 13.8 Å². The molecule has 8 atom stereocenters. The van der Waals surface area contributed by atoms with Crippen molar-refractivity contribution in [2.24, 2.45) is 10.2 Å². The van der Waals surface area contributed by atoms with Gasteiger partial charge in [-0.25, -0.2) is 14.2 Å². The minimum absolute atomic E-state index is 0.141. The molecule has 4 heterocycles. The van der Waals surface area contributed by atoms with Crippen LogP contribution in [-0.4, -0.2) is 71.1 Å². The summed E-state index contributed by atoms with van der Waals surface area (Å²) in [6.07, 6.45) is -8.38. The zero-order chi connectivity index (χ0) is 31.6. The van der Waals surface area contributed by atoms with Crippen LogP contribution in [0.1, 0.15) is 36.4 Å². The van der Waals surface area contributed by atoms with Crippen LogP contribution in [0.2, 0.25) is 0 Å². The molecule has 0 amide bonds. The van der Waals surface area contributed by atoms with E-state index in [9.17, 15) is 38.8 Å². The highest BCUT2D eigenvalue weighted by Gasteiger charge is 2.47. The third-order valence-corrected chi connectivity index (χ3v) is 7.59. The van der Waals surface area contributed by atoms with E-state index in [-0.39, 0.29) is 24.0 Å². The molecule has 2 fully saturated rings. The lowest BCUT2D eigenvalue weighted by Gasteiger charge is -2.27. The number of phosphoric ester groups is 1. The van der Waals surface area contributed by atoms with Gasteiger partial charge in [0.2, 0.25) is 0 Å². The maximum atomic E-state index is 12.7. The summed E-state index contributed by atoms with van der Waals surface area (Å²) in [5.74, 6) is 0. The van der Waals surface area contributed by atoms with Gasteiger partial charge in [-0.3, -0.25) is 37.7 Å². The van der Waals surface area contributed by atoms with E-state index in [1.807, 2.05) is 0 Å². The number of rotatable bonds is 10. The van der Waals surface area contributed by atoms with E-state index in [2.05, 4.69) is 30.0 Å². The second kappa shape index (κ2) is 12.7. The van der Waals surface area contributed by atoms with Crippen molar-refractivity contribution < 1.29 is 38.2 Å². The molecule has 2 aromatic heterocycles. The molecule has 4 rings (SSSR count). The SMILES string of the molecule is Cc1cn([C@H]2CC(N=[N+]=[N-])[C@@H](C(O)OP(=O)(O)OC(O)[C@H]3O[C@@H](n4cc(C)c(=O)[nH]c4=O)CC3N=[N+]=[N-])O2)c(=O)[nH]c1=O. The number of ether oxygens (including phenoxy) is 2. The van der Waals surface area contributed by atoms with E-state index in [1.54, 1.807) is 0 Å². The van der Waals surface area contributed by atoms with Gasteiger partial charge < -0.3 is 24.6 Å². The third kappa shape index (κ3) is 6.95. The molecule has 23 heteroatoms. The first-order chi connectivity index (χ1) is 20.2. The monoisotopic (exact) mass is 628 g/mol. The Morgan fingerprint density at radius 3 is 1.60 bits per heavy atom. The third-order valence-electron chi connectivity index (χ3n) is 6.63. The van der Waals surface area contributed by atoms with Gasteiger partial charge in [0.1, 0.15) is 24.7 Å². The second-order valence-corrected chi connectivity index (χ2v) is 10.9. The largest absolute Gasteiger partial charge is 0.477 e. The van der Waals surface area contributed by atoms with Crippen LogP contribution in [0.25, 0.3) is 20.9 Å². The standard InChI is InChI=1S/C20H25N10O12P/c1-7-5-29(19(35)23-15(7)31)11-3-9(25-27-21)13(39-11)17(33)41-43(37,38)42-18(34)14-10(26-28-22)4-12(40-14)30-6-8(2)16(32)24-20(30)36/h5-6,9-14,17-18,33-34H,3-4H2,1-2H3,(H,37,38)(H,23,31,35)(H,24,32,36)/t9?,10?,11-,12-,13+,14+,17?,18?/m1/s1. The fraction of sp³-hybridized carbons (Fsp3) is 0.600. The van der Waals surface area contributed by atoms with Gasteiger partial charge in [-0.15, -0.1) is 0 Å². The number of hydrogen-bond donors (Lipinski definition) is 5. The van der Waals surface area contributed by atoms with Gasteiger partial charge >= 0.3 is 19.2 Å². The smallest absolute Gasteiger partial charge is 0.365 e. The topological polar surface area (TPSA) is 322 Å². The first-order valence-corrected chi connectivity index (χ1v) is 13.8. The fourth-order valence-electron chi connectivity index (χ4n) is 4.59. The molecule has 5 N–H and O–H groups in total. The lowest BCUT2D eigenvalue weighted by atomic mass is 10.1. The summed E-state index contributed by atoms with van der Waals surface area (Å²) >= 11 is 0. The summed E-state index contributed by atoms with van der Waals surface area (Å²) < 4.78 is 35.2. The van der Waals surface area contributed by atoms with Crippen LogP contribution in [0.4, 0.5) is 0 Å². The lowest BCUT2D eigenvalue weighted by molar-refractivity contribution is -0.174. The minimum atomic E-state index is -5.39. The zero-order valence-electron chi connectivity index (χ0n) is 22.2. The predicted octanol–water partition coefficient (Wildman–Crippen LogP) is -0.593. The molecule has 4 unspecified atom stereocenters. The Labute approximate surface area is 237 Å². The van der Waals surface area contributed by atoms with Crippen LogP contribution in [-0.2, 0) is 23.1 Å². The molecule has 0 aliphatic carbocycles. The first-order valence-electron chi connectivity index (χ1n) is 12.3. The Morgan fingerprint density at radius 2 is 1.26 bits per heavy atom. The number of aromatic amines is 2. The maximum Gasteiger partial charge on any atom is 0.477 e. The number of nitrogens with zero attached hydrogens (tertiary/aromatic N) is 8. The van der Waals surface area contributed by atoms with Gasteiger partial charge in [-0.1, -0.05) is 10.2 Å². The van der Waals surface area contributed by atoms with E-state index >= 15 is 0 Å². The molecule has 2 aliphatic rings. The van der Waals surface area contributed by atoms with Crippen LogP contribution >= 0.6 is 7.82 Å². The Balaban J connectivity index is 1.48. The van der Waals surface area contributed by atoms with Gasteiger partial charge in [-0.05, 0) is 24.9 Å². The number of hydrogen-bond acceptors (Lipinski definition) is 13. The average molecular weight is 628 g/mol. The van der Waals surface area contributed by atoms with Gasteiger partial charge in [0, 0.05) is 46.2 Å². The summed E-state index contributed by atoms with van der Waals surface area (Å²) in [7, 11) is -5.39. The zero-order valence-corrected chi connectivity index (χ0v) is 23.1. The van der Waals surface area contributed by atoms with Crippen molar-refractivity contribution in [3.8, 4) is 0 Å². The Morgan fingerprint density at radius 1 is 0.884 bits per heavy atom. The van der Waals surface area contributed by atoms with Crippen molar-refractivity contribution in [3.05, 3.63) is 86.1 Å². The summed E-state index contributed by atoms with van der Waals surface area (Å²) in [6, 6.07) is -2.47. The first kappa shape index (κ1) is 31.9. The van der Waals surface area contributed by atoms with Crippen molar-refractivity contribution in [2.45, 2.75) is 76.0 Å². The minimum Gasteiger partial charge on any atom is -0.365 e. The Bertz CT molecular complexity index is 1630. The van der Waals surface area contributed by atoms with Crippen molar-refractivity contribution in [2.75, 3.05) is 0 Å². The van der Waals surface area contributed by atoms with E-state index in [1.165, 1.54) is 26.2 Å². The molecule has 2 aliphatic heterocycles. The van der Waals surface area contributed by atoms with Gasteiger partial charge in [-0.2, -0.15) is 0 Å². The summed E-state index contributed by atoms with van der Waals surface area (Å²) in [4.78, 5) is 67.5. The molecular formula is C20H25N10O12P. The summed E-state index contributed by atoms with van der Waals surface area (Å²) in [5.41, 5.74) is 15.1. The van der Waals surface area contributed by atoms with Crippen LogP contribution < -0.4 is 22.5 Å². The molecule has 0 saturated carbocycles. The van der Waals surface area contributed by atoms with Crippen molar-refractivity contribution in [1.82, 2.24) is 19.1 Å². The number of aryl methyl sites for hydroxylation is 2. The van der Waals surface area contributed by atoms with Gasteiger partial charge in [0.15, 0.2) is 12.6 Å².